The molecule has 1 aromatic heterocycles. The van der Waals surface area contributed by atoms with Crippen LogP contribution in [0.25, 0.3) is 5.69 Å². The smallest absolute Gasteiger partial charge is 0.315 e. The molecule has 1 aromatic carbocycles. The predicted octanol–water partition coefficient (Wildman–Crippen LogP) is 2.31. The fraction of sp³-hybridized carbons (Fsp3) is 0.444. The van der Waals surface area contributed by atoms with Crippen LogP contribution in [-0.4, -0.2) is 33.3 Å². The molecule has 3 N–H and O–H groups in total. The Kier molecular flexibility index (Phi) is 4.85. The first-order valence-corrected chi connectivity index (χ1v) is 8.37. The maximum atomic E-state index is 11.9. The van der Waals surface area contributed by atoms with Crippen molar-refractivity contribution in [1.82, 2.24) is 20.2 Å². The van der Waals surface area contributed by atoms with Crippen molar-refractivity contribution in [1.29, 1.82) is 0 Å². The third-order valence-electron chi connectivity index (χ3n) is 4.48. The number of hydrogen-bond donors (Lipinski definition) is 3. The molecule has 6 heteroatoms. The van der Waals surface area contributed by atoms with Gasteiger partial charge in [-0.05, 0) is 50.3 Å². The number of carbonyl (C=O) groups is 1. The summed E-state index contributed by atoms with van der Waals surface area (Å²) in [7, 11) is 0. The molecule has 0 saturated heterocycles. The highest BCUT2D eigenvalue weighted by Gasteiger charge is 2.29. The normalized spacial score (nSPS) is 16.5. The Balaban J connectivity index is 1.53. The third-order valence-corrected chi connectivity index (χ3v) is 4.48. The maximum absolute atomic E-state index is 11.9. The molecule has 1 fully saturated rings. The van der Waals surface area contributed by atoms with E-state index in [0.717, 1.165) is 29.9 Å². The van der Waals surface area contributed by atoms with E-state index in [1.807, 2.05) is 48.9 Å². The Bertz CT molecular complexity index is 691. The lowest BCUT2D eigenvalue weighted by molar-refractivity contribution is 0.149. The van der Waals surface area contributed by atoms with Gasteiger partial charge in [0.1, 0.15) is 5.82 Å². The van der Waals surface area contributed by atoms with Gasteiger partial charge in [0.25, 0.3) is 0 Å². The minimum Gasteiger partial charge on any atom is -0.391 e. The average Bonchev–Trinajstić information content (AvgIpc) is 3.34. The summed E-state index contributed by atoms with van der Waals surface area (Å²) in [6.07, 6.45) is 5.38. The van der Waals surface area contributed by atoms with Crippen molar-refractivity contribution < 1.29 is 9.90 Å². The predicted molar refractivity (Wildman–Crippen MR) is 92.0 cm³/mol. The van der Waals surface area contributed by atoms with Gasteiger partial charge in [-0.2, -0.15) is 0 Å². The topological polar surface area (TPSA) is 79.2 Å². The van der Waals surface area contributed by atoms with Crippen molar-refractivity contribution >= 4 is 6.03 Å². The Hall–Kier alpha value is -2.34. The number of amides is 2. The summed E-state index contributed by atoms with van der Waals surface area (Å²) in [5, 5.41) is 15.4. The quantitative estimate of drug-likeness (QED) is 0.761. The van der Waals surface area contributed by atoms with Gasteiger partial charge in [-0.15, -0.1) is 0 Å². The third kappa shape index (κ3) is 3.94. The van der Waals surface area contributed by atoms with Gasteiger partial charge in [-0.1, -0.05) is 12.1 Å². The number of hydrogen-bond acceptors (Lipinski definition) is 3. The van der Waals surface area contributed by atoms with Crippen molar-refractivity contribution in [2.24, 2.45) is 5.92 Å². The van der Waals surface area contributed by atoms with Gasteiger partial charge in [-0.3, -0.25) is 0 Å². The van der Waals surface area contributed by atoms with E-state index in [0.29, 0.717) is 12.5 Å². The number of nitrogens with zero attached hydrogens (tertiary/aromatic N) is 2. The first kappa shape index (κ1) is 16.5. The zero-order valence-electron chi connectivity index (χ0n) is 14.1. The fourth-order valence-corrected chi connectivity index (χ4v) is 2.75. The number of nitrogens with one attached hydrogen (secondary N) is 2. The van der Waals surface area contributed by atoms with Crippen molar-refractivity contribution in [2.45, 2.75) is 38.8 Å². The molecule has 0 radical (unpaired) electrons. The number of aryl methyl sites for hydroxylation is 1. The molecular formula is C18H24N4O2. The molecular weight excluding hydrogens is 304 g/mol. The number of benzene rings is 1. The molecule has 1 heterocycles. The second kappa shape index (κ2) is 7.05. The van der Waals surface area contributed by atoms with Crippen LogP contribution in [0.3, 0.4) is 0 Å². The molecule has 24 heavy (non-hydrogen) atoms. The number of aliphatic hydroxyl groups is 1. The lowest BCUT2D eigenvalue weighted by Crippen LogP contribution is -2.41. The summed E-state index contributed by atoms with van der Waals surface area (Å²) in [5.41, 5.74) is 2.06. The molecule has 6 nitrogen and oxygen atoms in total. The molecule has 2 amide bonds. The van der Waals surface area contributed by atoms with Gasteiger partial charge in [0.05, 0.1) is 12.1 Å². The number of carbonyl (C=O) groups excluding carboxylic acids is 1. The van der Waals surface area contributed by atoms with E-state index in [2.05, 4.69) is 15.6 Å². The second-order valence-electron chi connectivity index (χ2n) is 6.42. The van der Waals surface area contributed by atoms with Crippen LogP contribution < -0.4 is 10.6 Å². The van der Waals surface area contributed by atoms with E-state index in [4.69, 9.17) is 0 Å². The maximum Gasteiger partial charge on any atom is 0.315 e. The zero-order chi connectivity index (χ0) is 17.1. The second-order valence-corrected chi connectivity index (χ2v) is 6.42. The number of aliphatic hydroxyl groups excluding tert-OH is 1. The lowest BCUT2D eigenvalue weighted by atomic mass is 10.1. The van der Waals surface area contributed by atoms with E-state index in [1.54, 1.807) is 6.20 Å². The minimum atomic E-state index is -0.427. The minimum absolute atomic E-state index is 0.110. The van der Waals surface area contributed by atoms with Gasteiger partial charge < -0.3 is 20.3 Å². The Morgan fingerprint density at radius 3 is 2.67 bits per heavy atom. The highest BCUT2D eigenvalue weighted by Crippen LogP contribution is 2.32. The van der Waals surface area contributed by atoms with E-state index >= 15 is 0 Å². The molecule has 2 atom stereocenters. The van der Waals surface area contributed by atoms with Crippen LogP contribution in [0.1, 0.15) is 37.2 Å². The molecule has 0 unspecified atom stereocenters. The molecule has 3 rings (SSSR count). The molecule has 0 spiro atoms. The standard InChI is InChI=1S/C18H24N4O2/c1-12(21-18(24)20-11-17(23)15-3-4-15)14-5-7-16(8-6-14)22-10-9-19-13(22)2/h5-10,12,15,17,23H,3-4,11H2,1-2H3,(H2,20,21,24)/t12-,17+/m1/s1. The first-order chi connectivity index (χ1) is 11.5. The average molecular weight is 328 g/mol. The van der Waals surface area contributed by atoms with Crippen LogP contribution in [0.2, 0.25) is 0 Å². The summed E-state index contributed by atoms with van der Waals surface area (Å²) in [5.74, 6) is 1.30. The van der Waals surface area contributed by atoms with E-state index < -0.39 is 6.10 Å². The van der Waals surface area contributed by atoms with Gasteiger partial charge in [0, 0.05) is 24.6 Å². The highest BCUT2D eigenvalue weighted by atomic mass is 16.3. The van der Waals surface area contributed by atoms with Crippen molar-refractivity contribution in [3.05, 3.63) is 48.0 Å². The van der Waals surface area contributed by atoms with Crippen LogP contribution in [0.15, 0.2) is 36.7 Å². The number of rotatable bonds is 6. The Morgan fingerprint density at radius 2 is 2.08 bits per heavy atom. The highest BCUT2D eigenvalue weighted by molar-refractivity contribution is 5.74. The number of imidazole rings is 1. The van der Waals surface area contributed by atoms with Gasteiger partial charge in [0.15, 0.2) is 0 Å². The Labute approximate surface area is 141 Å². The molecule has 128 valence electrons. The van der Waals surface area contributed by atoms with Crippen LogP contribution in [0.4, 0.5) is 4.79 Å². The summed E-state index contributed by atoms with van der Waals surface area (Å²) < 4.78 is 2.01. The zero-order valence-corrected chi connectivity index (χ0v) is 14.1. The van der Waals surface area contributed by atoms with E-state index in [9.17, 15) is 9.90 Å². The fourth-order valence-electron chi connectivity index (χ4n) is 2.75. The first-order valence-electron chi connectivity index (χ1n) is 8.37. The molecule has 2 aromatic rings. The summed E-state index contributed by atoms with van der Waals surface area (Å²) in [6.45, 7) is 4.20. The summed E-state index contributed by atoms with van der Waals surface area (Å²) in [4.78, 5) is 16.1. The van der Waals surface area contributed by atoms with E-state index in [1.165, 1.54) is 0 Å². The largest absolute Gasteiger partial charge is 0.391 e. The molecule has 1 saturated carbocycles. The van der Waals surface area contributed by atoms with Crippen LogP contribution >= 0.6 is 0 Å². The molecule has 0 bridgehead atoms. The van der Waals surface area contributed by atoms with Crippen LogP contribution in [0, 0.1) is 12.8 Å². The molecule has 1 aliphatic rings. The lowest BCUT2D eigenvalue weighted by Gasteiger charge is -2.17. The van der Waals surface area contributed by atoms with Gasteiger partial charge in [-0.25, -0.2) is 9.78 Å². The van der Waals surface area contributed by atoms with E-state index in [-0.39, 0.29) is 12.1 Å². The van der Waals surface area contributed by atoms with Crippen molar-refractivity contribution in [3.8, 4) is 5.69 Å². The van der Waals surface area contributed by atoms with Crippen LogP contribution in [0.5, 0.6) is 0 Å². The molecule has 1 aliphatic carbocycles. The number of aromatic nitrogens is 2. The van der Waals surface area contributed by atoms with Gasteiger partial charge in [0.2, 0.25) is 0 Å². The molecule has 0 aliphatic heterocycles. The summed E-state index contributed by atoms with van der Waals surface area (Å²) in [6, 6.07) is 7.66. The number of urea groups is 1. The van der Waals surface area contributed by atoms with Crippen molar-refractivity contribution in [3.63, 3.8) is 0 Å². The van der Waals surface area contributed by atoms with Gasteiger partial charge >= 0.3 is 6.03 Å². The van der Waals surface area contributed by atoms with Crippen molar-refractivity contribution in [2.75, 3.05) is 6.54 Å². The van der Waals surface area contributed by atoms with Crippen LogP contribution in [-0.2, 0) is 0 Å². The Morgan fingerprint density at radius 1 is 1.38 bits per heavy atom. The summed E-state index contributed by atoms with van der Waals surface area (Å²) >= 11 is 0. The monoisotopic (exact) mass is 328 g/mol. The SMILES string of the molecule is Cc1nccn1-c1ccc([C@@H](C)NC(=O)NC[C@H](O)C2CC2)cc1.